The lowest BCUT2D eigenvalue weighted by molar-refractivity contribution is -0.137. The van der Waals surface area contributed by atoms with Crippen LogP contribution in [0.2, 0.25) is 5.02 Å². The van der Waals surface area contributed by atoms with Gasteiger partial charge in [-0.1, -0.05) is 18.5 Å². The van der Waals surface area contributed by atoms with Gasteiger partial charge < -0.3 is 10.4 Å². The fourth-order valence-electron chi connectivity index (χ4n) is 1.65. The van der Waals surface area contributed by atoms with E-state index < -0.39 is 5.97 Å². The van der Waals surface area contributed by atoms with E-state index in [9.17, 15) is 9.59 Å². The summed E-state index contributed by atoms with van der Waals surface area (Å²) in [5.41, 5.74) is 0.572. The van der Waals surface area contributed by atoms with Crippen LogP contribution in [0.5, 0.6) is 0 Å². The molecular weight excluding hydrogens is 266 g/mol. The van der Waals surface area contributed by atoms with Gasteiger partial charge in [0.05, 0.1) is 0 Å². The largest absolute Gasteiger partial charge is 0.481 e. The van der Waals surface area contributed by atoms with Gasteiger partial charge in [-0.05, 0) is 43.0 Å². The van der Waals surface area contributed by atoms with Gasteiger partial charge in [0.15, 0.2) is 0 Å². The van der Waals surface area contributed by atoms with Crippen LogP contribution in [-0.4, -0.2) is 23.5 Å². The summed E-state index contributed by atoms with van der Waals surface area (Å²) in [6, 6.07) is 6.69. The minimum Gasteiger partial charge on any atom is -0.481 e. The molecule has 1 rings (SSSR count). The van der Waals surface area contributed by atoms with Crippen molar-refractivity contribution in [2.45, 2.75) is 26.2 Å². The molecule has 4 nitrogen and oxygen atoms in total. The fraction of sp³-hybridized carbons (Fsp3) is 0.429. The number of carboxylic acid groups (broad SMARTS) is 1. The minimum atomic E-state index is -0.781. The molecule has 5 heteroatoms. The number of carbonyl (C=O) groups excluding carboxylic acids is 1. The van der Waals surface area contributed by atoms with Crippen molar-refractivity contribution in [3.05, 3.63) is 34.9 Å². The van der Waals surface area contributed by atoms with Gasteiger partial charge >= 0.3 is 5.97 Å². The maximum absolute atomic E-state index is 11.8. The summed E-state index contributed by atoms with van der Waals surface area (Å²) in [4.78, 5) is 22.2. The molecule has 0 aliphatic rings. The molecular formula is C14H18ClNO3. The first-order valence-corrected chi connectivity index (χ1v) is 6.62. The van der Waals surface area contributed by atoms with Gasteiger partial charge in [0.1, 0.15) is 0 Å². The number of carbonyl (C=O) groups is 2. The number of hydrogen-bond acceptors (Lipinski definition) is 2. The average molecular weight is 284 g/mol. The van der Waals surface area contributed by atoms with Gasteiger partial charge in [-0.25, -0.2) is 0 Å². The topological polar surface area (TPSA) is 66.4 Å². The molecule has 0 fully saturated rings. The van der Waals surface area contributed by atoms with Gasteiger partial charge in [0, 0.05) is 23.6 Å². The van der Waals surface area contributed by atoms with Crippen molar-refractivity contribution in [1.29, 1.82) is 0 Å². The van der Waals surface area contributed by atoms with Gasteiger partial charge in [0.25, 0.3) is 5.91 Å². The van der Waals surface area contributed by atoms with E-state index in [0.717, 1.165) is 6.42 Å². The molecule has 0 spiro atoms. The second-order valence-electron chi connectivity index (χ2n) is 4.59. The molecule has 0 aromatic heterocycles. The third-order valence-electron chi connectivity index (χ3n) is 2.88. The first kappa shape index (κ1) is 15.5. The molecule has 1 amide bonds. The van der Waals surface area contributed by atoms with Crippen molar-refractivity contribution < 1.29 is 14.7 Å². The maximum Gasteiger partial charge on any atom is 0.303 e. The maximum atomic E-state index is 11.8. The molecule has 0 bridgehead atoms. The Labute approximate surface area is 117 Å². The number of halogens is 1. The summed E-state index contributed by atoms with van der Waals surface area (Å²) >= 11 is 5.74. The van der Waals surface area contributed by atoms with E-state index in [1.807, 2.05) is 6.92 Å². The van der Waals surface area contributed by atoms with E-state index in [1.165, 1.54) is 0 Å². The molecule has 0 aliphatic carbocycles. The normalized spacial score (nSPS) is 11.9. The summed E-state index contributed by atoms with van der Waals surface area (Å²) in [6.45, 7) is 2.53. The summed E-state index contributed by atoms with van der Waals surface area (Å²) in [5, 5.41) is 12.0. The second kappa shape index (κ2) is 7.79. The van der Waals surface area contributed by atoms with Gasteiger partial charge in [-0.15, -0.1) is 0 Å². The summed E-state index contributed by atoms with van der Waals surface area (Å²) in [7, 11) is 0. The van der Waals surface area contributed by atoms with Crippen molar-refractivity contribution in [2.75, 3.05) is 6.54 Å². The summed E-state index contributed by atoms with van der Waals surface area (Å²) in [6.07, 6.45) is 1.57. The monoisotopic (exact) mass is 283 g/mol. The highest BCUT2D eigenvalue weighted by atomic mass is 35.5. The Balaban J connectivity index is 2.27. The molecule has 1 aromatic rings. The molecule has 1 atom stereocenters. The minimum absolute atomic E-state index is 0.137. The second-order valence-corrected chi connectivity index (χ2v) is 5.03. The van der Waals surface area contributed by atoms with Crippen molar-refractivity contribution in [3.8, 4) is 0 Å². The van der Waals surface area contributed by atoms with Crippen LogP contribution in [0.25, 0.3) is 0 Å². The molecule has 1 unspecified atom stereocenters. The SMILES string of the molecule is CC(CCNC(=O)c1ccc(Cl)cc1)CCC(=O)O. The highest BCUT2D eigenvalue weighted by molar-refractivity contribution is 6.30. The van der Waals surface area contributed by atoms with Crippen LogP contribution < -0.4 is 5.32 Å². The molecule has 104 valence electrons. The third-order valence-corrected chi connectivity index (χ3v) is 3.13. The number of benzene rings is 1. The van der Waals surface area contributed by atoms with Gasteiger partial charge in [-0.3, -0.25) is 9.59 Å². The molecule has 0 saturated heterocycles. The molecule has 0 saturated carbocycles. The highest BCUT2D eigenvalue weighted by Crippen LogP contribution is 2.11. The Kier molecular flexibility index (Phi) is 6.36. The van der Waals surface area contributed by atoms with Crippen LogP contribution in [-0.2, 0) is 4.79 Å². The first-order chi connectivity index (χ1) is 8.99. The lowest BCUT2D eigenvalue weighted by atomic mass is 10.0. The third kappa shape index (κ3) is 6.25. The Morgan fingerprint density at radius 2 is 1.89 bits per heavy atom. The van der Waals surface area contributed by atoms with Crippen LogP contribution in [0.15, 0.2) is 24.3 Å². The predicted molar refractivity (Wildman–Crippen MR) is 74.4 cm³/mol. The fourth-order valence-corrected chi connectivity index (χ4v) is 1.78. The van der Waals surface area contributed by atoms with Crippen LogP contribution in [0, 0.1) is 5.92 Å². The van der Waals surface area contributed by atoms with Gasteiger partial charge in [0.2, 0.25) is 0 Å². The number of amides is 1. The zero-order valence-corrected chi connectivity index (χ0v) is 11.6. The van der Waals surface area contributed by atoms with E-state index in [-0.39, 0.29) is 18.2 Å². The Hall–Kier alpha value is -1.55. The Morgan fingerprint density at radius 3 is 2.47 bits per heavy atom. The lowest BCUT2D eigenvalue weighted by Gasteiger charge is -2.10. The van der Waals surface area contributed by atoms with E-state index in [1.54, 1.807) is 24.3 Å². The first-order valence-electron chi connectivity index (χ1n) is 6.24. The van der Waals surface area contributed by atoms with E-state index in [2.05, 4.69) is 5.32 Å². The highest BCUT2D eigenvalue weighted by Gasteiger charge is 2.08. The van der Waals surface area contributed by atoms with E-state index >= 15 is 0 Å². The zero-order chi connectivity index (χ0) is 14.3. The van der Waals surface area contributed by atoms with Gasteiger partial charge in [-0.2, -0.15) is 0 Å². The molecule has 1 aromatic carbocycles. The molecule has 0 heterocycles. The molecule has 0 radical (unpaired) electrons. The van der Waals surface area contributed by atoms with Crippen molar-refractivity contribution in [3.63, 3.8) is 0 Å². The number of nitrogens with one attached hydrogen (secondary N) is 1. The molecule has 19 heavy (non-hydrogen) atoms. The lowest BCUT2D eigenvalue weighted by Crippen LogP contribution is -2.25. The number of aliphatic carboxylic acids is 1. The predicted octanol–water partition coefficient (Wildman–Crippen LogP) is 2.96. The number of carboxylic acids is 1. The van der Waals surface area contributed by atoms with Crippen LogP contribution in [0.4, 0.5) is 0 Å². The van der Waals surface area contributed by atoms with Crippen molar-refractivity contribution >= 4 is 23.5 Å². The van der Waals surface area contributed by atoms with E-state index in [0.29, 0.717) is 23.6 Å². The van der Waals surface area contributed by atoms with Crippen molar-refractivity contribution in [1.82, 2.24) is 5.32 Å². The van der Waals surface area contributed by atoms with Crippen molar-refractivity contribution in [2.24, 2.45) is 5.92 Å². The smallest absolute Gasteiger partial charge is 0.303 e. The standard InChI is InChI=1S/C14H18ClNO3/c1-10(2-7-13(17)18)8-9-16-14(19)11-3-5-12(15)6-4-11/h3-6,10H,2,7-9H2,1H3,(H,16,19)(H,17,18). The number of hydrogen-bond donors (Lipinski definition) is 2. The molecule has 2 N–H and O–H groups in total. The van der Waals surface area contributed by atoms with Crippen LogP contribution >= 0.6 is 11.6 Å². The Morgan fingerprint density at radius 1 is 1.26 bits per heavy atom. The zero-order valence-electron chi connectivity index (χ0n) is 10.9. The summed E-state index contributed by atoms with van der Waals surface area (Å²) in [5.74, 6) is -0.638. The Bertz CT molecular complexity index is 431. The van der Waals surface area contributed by atoms with Crippen LogP contribution in [0.1, 0.15) is 36.5 Å². The van der Waals surface area contributed by atoms with E-state index in [4.69, 9.17) is 16.7 Å². The average Bonchev–Trinajstić information content (AvgIpc) is 2.37. The summed E-state index contributed by atoms with van der Waals surface area (Å²) < 4.78 is 0. The number of rotatable bonds is 7. The molecule has 0 aliphatic heterocycles. The quantitative estimate of drug-likeness (QED) is 0.808. The van der Waals surface area contributed by atoms with Crippen LogP contribution in [0.3, 0.4) is 0 Å².